The number of aryl methyl sites for hydroxylation is 1. The van der Waals surface area contributed by atoms with E-state index in [1.54, 1.807) is 0 Å². The third-order valence-electron chi connectivity index (χ3n) is 1.87. The fourth-order valence-corrected chi connectivity index (χ4v) is 1.92. The molecule has 4 heteroatoms. The fourth-order valence-electron chi connectivity index (χ4n) is 1.20. The molecule has 2 nitrogen and oxygen atoms in total. The van der Waals surface area contributed by atoms with E-state index in [1.807, 2.05) is 24.3 Å². The van der Waals surface area contributed by atoms with Gasteiger partial charge >= 0.3 is 5.97 Å². The summed E-state index contributed by atoms with van der Waals surface area (Å²) >= 11 is 1.45. The molecule has 15 heavy (non-hydrogen) atoms. The molecule has 0 spiro atoms. The third-order valence-corrected chi connectivity index (χ3v) is 2.82. The van der Waals surface area contributed by atoms with E-state index >= 15 is 0 Å². The lowest BCUT2D eigenvalue weighted by atomic mass is 10.1. The van der Waals surface area contributed by atoms with Gasteiger partial charge in [0, 0.05) is 17.1 Å². The van der Waals surface area contributed by atoms with Gasteiger partial charge in [0.2, 0.25) is 0 Å². The largest absolute Gasteiger partial charge is 0.481 e. The Balaban J connectivity index is 2.53. The summed E-state index contributed by atoms with van der Waals surface area (Å²) in [6.07, 6.45) is 0.663. The Bertz CT molecular complexity index is 328. The molecule has 0 saturated carbocycles. The third kappa shape index (κ3) is 4.83. The molecule has 0 bridgehead atoms. The minimum atomic E-state index is -0.795. The molecule has 0 fully saturated rings. The van der Waals surface area contributed by atoms with Crippen LogP contribution < -0.4 is 0 Å². The lowest BCUT2D eigenvalue weighted by Gasteiger charge is -2.02. The van der Waals surface area contributed by atoms with Crippen LogP contribution in [-0.4, -0.2) is 23.5 Å². The lowest BCUT2D eigenvalue weighted by Crippen LogP contribution is -1.97. The molecule has 0 aliphatic rings. The number of carbonyl (C=O) groups is 1. The molecular formula is C11H13FO2S. The van der Waals surface area contributed by atoms with E-state index in [0.717, 1.165) is 10.5 Å². The number of rotatable bonds is 6. The summed E-state index contributed by atoms with van der Waals surface area (Å²) in [6.45, 7) is -0.343. The summed E-state index contributed by atoms with van der Waals surface area (Å²) in [5, 5.41) is 8.53. The van der Waals surface area contributed by atoms with Crippen LogP contribution in [0, 0.1) is 0 Å². The highest BCUT2D eigenvalue weighted by Gasteiger charge is 2.00. The standard InChI is InChI=1S/C11H13FO2S/c12-6-7-15-10-3-1-2-9(8-10)4-5-11(13)14/h1-3,8H,4-7H2,(H,13,14). The minimum absolute atomic E-state index is 0.136. The van der Waals surface area contributed by atoms with Crippen molar-refractivity contribution in [3.8, 4) is 0 Å². The zero-order valence-corrected chi connectivity index (χ0v) is 9.10. The van der Waals surface area contributed by atoms with Crippen molar-refractivity contribution in [1.82, 2.24) is 0 Å². The molecule has 0 heterocycles. The number of alkyl halides is 1. The van der Waals surface area contributed by atoms with E-state index in [2.05, 4.69) is 0 Å². The molecule has 0 aromatic heterocycles. The number of hydrogen-bond acceptors (Lipinski definition) is 2. The number of hydrogen-bond donors (Lipinski definition) is 1. The van der Waals surface area contributed by atoms with E-state index in [9.17, 15) is 9.18 Å². The Kier molecular flexibility index (Phi) is 5.18. The topological polar surface area (TPSA) is 37.3 Å². The zero-order chi connectivity index (χ0) is 11.1. The summed E-state index contributed by atoms with van der Waals surface area (Å²) in [5.74, 6) is -0.348. The molecular weight excluding hydrogens is 215 g/mol. The first-order valence-corrected chi connectivity index (χ1v) is 5.70. The molecule has 0 unspecified atom stereocenters. The molecule has 0 amide bonds. The van der Waals surface area contributed by atoms with Crippen LogP contribution in [0.15, 0.2) is 29.2 Å². The van der Waals surface area contributed by atoms with Crippen molar-refractivity contribution in [3.63, 3.8) is 0 Å². The van der Waals surface area contributed by atoms with Crippen molar-refractivity contribution in [1.29, 1.82) is 0 Å². The first-order valence-electron chi connectivity index (χ1n) is 4.72. The Hall–Kier alpha value is -1.03. The van der Waals surface area contributed by atoms with E-state index < -0.39 is 5.97 Å². The second-order valence-electron chi connectivity index (χ2n) is 3.08. The molecule has 0 aliphatic carbocycles. The fraction of sp³-hybridized carbons (Fsp3) is 0.364. The molecule has 1 aromatic carbocycles. The van der Waals surface area contributed by atoms with Crippen LogP contribution in [-0.2, 0) is 11.2 Å². The van der Waals surface area contributed by atoms with E-state index in [-0.39, 0.29) is 13.1 Å². The van der Waals surface area contributed by atoms with Crippen LogP contribution in [0.2, 0.25) is 0 Å². The first-order chi connectivity index (χ1) is 7.22. The second kappa shape index (κ2) is 6.45. The number of carboxylic acids is 1. The van der Waals surface area contributed by atoms with Gasteiger partial charge in [-0.05, 0) is 24.1 Å². The number of carboxylic acid groups (broad SMARTS) is 1. The van der Waals surface area contributed by atoms with Gasteiger partial charge in [0.25, 0.3) is 0 Å². The first kappa shape index (κ1) is 12.0. The molecule has 1 rings (SSSR count). The van der Waals surface area contributed by atoms with Crippen molar-refractivity contribution in [2.45, 2.75) is 17.7 Å². The normalized spacial score (nSPS) is 10.2. The Morgan fingerprint density at radius 1 is 1.47 bits per heavy atom. The smallest absolute Gasteiger partial charge is 0.303 e. The highest BCUT2D eigenvalue weighted by Crippen LogP contribution is 2.19. The van der Waals surface area contributed by atoms with Crippen LogP contribution in [0.5, 0.6) is 0 Å². The monoisotopic (exact) mass is 228 g/mol. The molecule has 0 atom stereocenters. The number of benzene rings is 1. The van der Waals surface area contributed by atoms with Gasteiger partial charge < -0.3 is 5.11 Å². The van der Waals surface area contributed by atoms with Crippen molar-refractivity contribution < 1.29 is 14.3 Å². The highest BCUT2D eigenvalue weighted by atomic mass is 32.2. The van der Waals surface area contributed by atoms with Gasteiger partial charge in [0.05, 0.1) is 6.67 Å². The molecule has 0 radical (unpaired) electrons. The van der Waals surface area contributed by atoms with Crippen LogP contribution in [0.1, 0.15) is 12.0 Å². The van der Waals surface area contributed by atoms with Crippen molar-refractivity contribution in [2.75, 3.05) is 12.4 Å². The number of aliphatic carboxylic acids is 1. The average molecular weight is 228 g/mol. The summed E-state index contributed by atoms with van der Waals surface area (Å²) in [5.41, 5.74) is 0.987. The Morgan fingerprint density at radius 3 is 2.93 bits per heavy atom. The van der Waals surface area contributed by atoms with E-state index in [0.29, 0.717) is 12.2 Å². The zero-order valence-electron chi connectivity index (χ0n) is 8.28. The molecule has 82 valence electrons. The van der Waals surface area contributed by atoms with Crippen molar-refractivity contribution in [2.24, 2.45) is 0 Å². The van der Waals surface area contributed by atoms with Gasteiger partial charge in [0.15, 0.2) is 0 Å². The summed E-state index contributed by atoms with van der Waals surface area (Å²) in [7, 11) is 0. The van der Waals surface area contributed by atoms with Gasteiger partial charge in [-0.3, -0.25) is 9.18 Å². The van der Waals surface area contributed by atoms with Crippen molar-refractivity contribution in [3.05, 3.63) is 29.8 Å². The molecule has 0 aliphatic heterocycles. The summed E-state index contributed by atoms with van der Waals surface area (Å²) < 4.78 is 11.9. The number of halogens is 1. The summed E-state index contributed by atoms with van der Waals surface area (Å²) in [6, 6.07) is 7.59. The van der Waals surface area contributed by atoms with Crippen LogP contribution >= 0.6 is 11.8 Å². The van der Waals surface area contributed by atoms with Gasteiger partial charge in [0.1, 0.15) is 0 Å². The quantitative estimate of drug-likeness (QED) is 0.761. The van der Waals surface area contributed by atoms with Crippen LogP contribution in [0.4, 0.5) is 4.39 Å². The number of thioether (sulfide) groups is 1. The van der Waals surface area contributed by atoms with Gasteiger partial charge in [-0.25, -0.2) is 0 Å². The maximum Gasteiger partial charge on any atom is 0.303 e. The highest BCUT2D eigenvalue weighted by molar-refractivity contribution is 7.99. The molecule has 1 aromatic rings. The summed E-state index contributed by atoms with van der Waals surface area (Å²) in [4.78, 5) is 11.4. The van der Waals surface area contributed by atoms with Crippen molar-refractivity contribution >= 4 is 17.7 Å². The maximum absolute atomic E-state index is 11.9. The van der Waals surface area contributed by atoms with E-state index in [4.69, 9.17) is 5.11 Å². The minimum Gasteiger partial charge on any atom is -0.481 e. The van der Waals surface area contributed by atoms with Gasteiger partial charge in [-0.2, -0.15) is 0 Å². The van der Waals surface area contributed by atoms with Gasteiger partial charge in [-0.1, -0.05) is 12.1 Å². The van der Waals surface area contributed by atoms with E-state index in [1.165, 1.54) is 11.8 Å². The predicted molar refractivity (Wildman–Crippen MR) is 59.1 cm³/mol. The van der Waals surface area contributed by atoms with Crippen LogP contribution in [0.25, 0.3) is 0 Å². The Labute approximate surface area is 92.5 Å². The molecule has 1 N–H and O–H groups in total. The predicted octanol–water partition coefficient (Wildman–Crippen LogP) is 2.77. The average Bonchev–Trinajstić information content (AvgIpc) is 2.24. The van der Waals surface area contributed by atoms with Crippen LogP contribution in [0.3, 0.4) is 0 Å². The molecule has 0 saturated heterocycles. The Morgan fingerprint density at radius 2 is 2.27 bits per heavy atom. The second-order valence-corrected chi connectivity index (χ2v) is 4.25. The van der Waals surface area contributed by atoms with Gasteiger partial charge in [-0.15, -0.1) is 11.8 Å². The maximum atomic E-state index is 11.9. The SMILES string of the molecule is O=C(O)CCc1cccc(SCCF)c1. The lowest BCUT2D eigenvalue weighted by molar-refractivity contribution is -0.136.